The Morgan fingerprint density at radius 1 is 1.19 bits per heavy atom. The monoisotopic (exact) mass is 363 g/mol. The molecule has 1 saturated carbocycles. The van der Waals surface area contributed by atoms with E-state index in [0.717, 1.165) is 32.1 Å². The number of carbonyl (C=O) groups is 1. The highest BCUT2D eigenvalue weighted by atomic mass is 16.7. The fourth-order valence-electron chi connectivity index (χ4n) is 4.10. The van der Waals surface area contributed by atoms with Crippen molar-refractivity contribution in [3.8, 4) is 0 Å². The lowest BCUT2D eigenvalue weighted by molar-refractivity contribution is 0.00578. The lowest BCUT2D eigenvalue weighted by Gasteiger charge is -2.49. The smallest absolute Gasteiger partial charge is 0.444 e. The Balaban J connectivity index is 1.50. The second-order valence-electron chi connectivity index (χ2n) is 10.3. The molecule has 1 saturated heterocycles. The van der Waals surface area contributed by atoms with E-state index in [1.165, 1.54) is 5.47 Å². The number of ether oxygens (including phenoxy) is 1. The topological polar surface area (TPSA) is 56.8 Å². The van der Waals surface area contributed by atoms with Crippen LogP contribution < -0.4 is 5.32 Å². The van der Waals surface area contributed by atoms with Crippen LogP contribution in [-0.4, -0.2) is 36.1 Å². The summed E-state index contributed by atoms with van der Waals surface area (Å²) in [6.45, 7) is 14.0. The molecule has 0 bridgehead atoms. The maximum atomic E-state index is 11.9. The van der Waals surface area contributed by atoms with Crippen molar-refractivity contribution < 1.29 is 18.8 Å². The standard InChI is InChI=1S/C20H34BNO4/c1-17(2,3)24-16(23)22-15-12-20(13-15)10-8-14(9-11-20)21-25-18(4,5)19(6,7)26-21/h8,15H,9-13H2,1-7H3,(H,22,23). The van der Waals surface area contributed by atoms with Crippen LogP contribution in [0.1, 0.15) is 80.6 Å². The Morgan fingerprint density at radius 3 is 2.23 bits per heavy atom. The van der Waals surface area contributed by atoms with Crippen LogP contribution in [0.2, 0.25) is 0 Å². The van der Waals surface area contributed by atoms with Gasteiger partial charge in [0.2, 0.25) is 0 Å². The van der Waals surface area contributed by atoms with Gasteiger partial charge in [-0.2, -0.15) is 0 Å². The van der Waals surface area contributed by atoms with Gasteiger partial charge in [-0.1, -0.05) is 6.08 Å². The molecule has 2 fully saturated rings. The summed E-state index contributed by atoms with van der Waals surface area (Å²) >= 11 is 0. The third-order valence-corrected chi connectivity index (χ3v) is 6.38. The maximum absolute atomic E-state index is 11.9. The average Bonchev–Trinajstić information content (AvgIpc) is 2.64. The van der Waals surface area contributed by atoms with E-state index in [1.54, 1.807) is 0 Å². The van der Waals surface area contributed by atoms with Crippen LogP contribution in [0.25, 0.3) is 0 Å². The molecule has 1 N–H and O–H groups in total. The fourth-order valence-corrected chi connectivity index (χ4v) is 4.10. The number of amides is 1. The van der Waals surface area contributed by atoms with Crippen LogP contribution >= 0.6 is 0 Å². The van der Waals surface area contributed by atoms with Gasteiger partial charge in [-0.3, -0.25) is 0 Å². The molecule has 1 amide bonds. The van der Waals surface area contributed by atoms with Gasteiger partial charge in [0.15, 0.2) is 0 Å². The molecule has 0 aromatic rings. The van der Waals surface area contributed by atoms with Gasteiger partial charge in [-0.25, -0.2) is 4.79 Å². The van der Waals surface area contributed by atoms with E-state index in [2.05, 4.69) is 39.1 Å². The van der Waals surface area contributed by atoms with Crippen molar-refractivity contribution in [2.45, 2.75) is 103 Å². The zero-order chi connectivity index (χ0) is 19.4. The van der Waals surface area contributed by atoms with Crippen LogP contribution in [0.4, 0.5) is 4.79 Å². The minimum absolute atomic E-state index is 0.215. The highest BCUT2D eigenvalue weighted by Gasteiger charge is 2.54. The van der Waals surface area contributed by atoms with Gasteiger partial charge in [0.05, 0.1) is 11.2 Å². The molecule has 0 radical (unpaired) electrons. The number of hydrogen-bond donors (Lipinski definition) is 1. The van der Waals surface area contributed by atoms with Crippen molar-refractivity contribution in [1.82, 2.24) is 5.32 Å². The summed E-state index contributed by atoms with van der Waals surface area (Å²) in [5, 5.41) is 3.00. The number of alkyl carbamates (subject to hydrolysis) is 1. The molecular weight excluding hydrogens is 329 g/mol. The summed E-state index contributed by atoms with van der Waals surface area (Å²) in [5.41, 5.74) is 0.584. The number of carbonyl (C=O) groups excluding carboxylic acids is 1. The SMILES string of the molecule is CC(C)(C)OC(=O)NC1CC2(CC=C(B3OC(C)(C)C(C)(C)O3)CC2)C1. The van der Waals surface area contributed by atoms with E-state index in [9.17, 15) is 4.79 Å². The van der Waals surface area contributed by atoms with E-state index < -0.39 is 5.60 Å². The maximum Gasteiger partial charge on any atom is 0.490 e. The average molecular weight is 363 g/mol. The number of rotatable bonds is 2. The lowest BCUT2D eigenvalue weighted by Crippen LogP contribution is -2.52. The molecule has 1 heterocycles. The quantitative estimate of drug-likeness (QED) is 0.739. The Bertz CT molecular complexity index is 583. The van der Waals surface area contributed by atoms with Crippen molar-refractivity contribution in [3.05, 3.63) is 11.5 Å². The normalized spacial score (nSPS) is 32.8. The molecule has 0 unspecified atom stereocenters. The van der Waals surface area contributed by atoms with Gasteiger partial charge in [0.25, 0.3) is 0 Å². The van der Waals surface area contributed by atoms with Crippen molar-refractivity contribution >= 4 is 13.2 Å². The third kappa shape index (κ3) is 3.96. The minimum Gasteiger partial charge on any atom is -0.444 e. The summed E-state index contributed by atoms with van der Waals surface area (Å²) in [5.74, 6) is 0. The first kappa shape index (κ1) is 19.7. The Labute approximate surface area is 158 Å². The highest BCUT2D eigenvalue weighted by Crippen LogP contribution is 2.52. The number of nitrogens with one attached hydrogen (secondary N) is 1. The molecule has 26 heavy (non-hydrogen) atoms. The van der Waals surface area contributed by atoms with Crippen LogP contribution in [0, 0.1) is 5.41 Å². The number of hydrogen-bond acceptors (Lipinski definition) is 4. The molecule has 3 rings (SSSR count). The van der Waals surface area contributed by atoms with Crippen molar-refractivity contribution in [1.29, 1.82) is 0 Å². The zero-order valence-electron chi connectivity index (χ0n) is 17.4. The van der Waals surface area contributed by atoms with Crippen LogP contribution in [-0.2, 0) is 14.0 Å². The molecule has 2 aliphatic carbocycles. The van der Waals surface area contributed by atoms with Crippen LogP contribution in [0.5, 0.6) is 0 Å². The molecule has 1 aliphatic heterocycles. The first-order valence-corrected chi connectivity index (χ1v) is 9.85. The summed E-state index contributed by atoms with van der Waals surface area (Å²) in [6, 6.07) is 0.233. The van der Waals surface area contributed by atoms with Crippen molar-refractivity contribution in [2.75, 3.05) is 0 Å². The molecule has 3 aliphatic rings. The minimum atomic E-state index is -0.448. The molecular formula is C20H34BNO4. The predicted octanol–water partition coefficient (Wildman–Crippen LogP) is 4.40. The van der Waals surface area contributed by atoms with Gasteiger partial charge in [0.1, 0.15) is 5.60 Å². The Morgan fingerprint density at radius 2 is 1.77 bits per heavy atom. The number of allylic oxidation sites excluding steroid dienone is 2. The van der Waals surface area contributed by atoms with E-state index in [4.69, 9.17) is 14.0 Å². The van der Waals surface area contributed by atoms with Crippen LogP contribution in [0.3, 0.4) is 0 Å². The zero-order valence-corrected chi connectivity index (χ0v) is 17.4. The van der Waals surface area contributed by atoms with E-state index in [-0.39, 0.29) is 30.5 Å². The molecule has 0 aromatic carbocycles. The van der Waals surface area contributed by atoms with E-state index in [0.29, 0.717) is 5.41 Å². The van der Waals surface area contributed by atoms with Gasteiger partial charge in [-0.05, 0) is 91.5 Å². The summed E-state index contributed by atoms with van der Waals surface area (Å²) < 4.78 is 17.7. The van der Waals surface area contributed by atoms with E-state index in [1.807, 2.05) is 20.8 Å². The molecule has 146 valence electrons. The summed E-state index contributed by atoms with van der Waals surface area (Å²) in [6.07, 6.45) is 7.25. The van der Waals surface area contributed by atoms with E-state index >= 15 is 0 Å². The lowest BCUT2D eigenvalue weighted by atomic mass is 9.56. The Kier molecular flexibility index (Phi) is 4.76. The predicted molar refractivity (Wildman–Crippen MR) is 103 cm³/mol. The molecule has 0 aromatic heterocycles. The van der Waals surface area contributed by atoms with Crippen molar-refractivity contribution in [3.63, 3.8) is 0 Å². The molecule has 6 heteroatoms. The van der Waals surface area contributed by atoms with Gasteiger partial charge < -0.3 is 19.4 Å². The van der Waals surface area contributed by atoms with Gasteiger partial charge in [0, 0.05) is 6.04 Å². The van der Waals surface area contributed by atoms with Gasteiger partial charge >= 0.3 is 13.2 Å². The second-order valence-corrected chi connectivity index (χ2v) is 10.3. The molecule has 0 atom stereocenters. The molecule has 1 spiro atoms. The Hall–Kier alpha value is -1.01. The second kappa shape index (κ2) is 6.27. The third-order valence-electron chi connectivity index (χ3n) is 6.38. The fraction of sp³-hybridized carbons (Fsp3) is 0.850. The molecule has 5 nitrogen and oxygen atoms in total. The first-order valence-electron chi connectivity index (χ1n) is 9.85. The first-order chi connectivity index (χ1) is 11.8. The summed E-state index contributed by atoms with van der Waals surface area (Å²) in [7, 11) is -0.215. The largest absolute Gasteiger partial charge is 0.490 e. The van der Waals surface area contributed by atoms with Crippen molar-refractivity contribution in [2.24, 2.45) is 5.41 Å². The van der Waals surface area contributed by atoms with Gasteiger partial charge in [-0.15, -0.1) is 0 Å². The van der Waals surface area contributed by atoms with Crippen LogP contribution in [0.15, 0.2) is 11.5 Å². The summed E-state index contributed by atoms with van der Waals surface area (Å²) in [4.78, 5) is 11.9. The highest BCUT2D eigenvalue weighted by molar-refractivity contribution is 6.54.